The first kappa shape index (κ1) is 17.8. The Kier molecular flexibility index (Phi) is 6.90. The normalized spacial score (nSPS) is 10.9. The lowest BCUT2D eigenvalue weighted by Gasteiger charge is -2.14. The third kappa shape index (κ3) is 4.71. The lowest BCUT2D eigenvalue weighted by atomic mass is 10.1. The summed E-state index contributed by atoms with van der Waals surface area (Å²) in [5, 5.41) is 1.24. The van der Waals surface area contributed by atoms with E-state index in [2.05, 4.69) is 32.0 Å². The molecule has 2 aromatic rings. The maximum Gasteiger partial charge on any atom is 0.305 e. The van der Waals surface area contributed by atoms with Crippen LogP contribution in [0.3, 0.4) is 0 Å². The molecule has 0 fully saturated rings. The third-order valence-corrected chi connectivity index (χ3v) is 5.08. The van der Waals surface area contributed by atoms with Crippen LogP contribution in [-0.2, 0) is 16.0 Å². The number of unbranched alkanes of at least 4 members (excludes halogenated alkanes) is 1. The van der Waals surface area contributed by atoms with E-state index in [1.807, 2.05) is 24.8 Å². The van der Waals surface area contributed by atoms with Crippen molar-refractivity contribution in [1.82, 2.24) is 4.98 Å². The number of carbonyl (C=O) groups is 1. The molecule has 1 aromatic carbocycles. The number of rotatable bonds is 8. The zero-order chi connectivity index (χ0) is 16.7. The quantitative estimate of drug-likeness (QED) is 0.390. The Hall–Kier alpha value is -1.55. The van der Waals surface area contributed by atoms with Crippen molar-refractivity contribution in [3.8, 4) is 0 Å². The smallest absolute Gasteiger partial charge is 0.305 e. The Morgan fingerprint density at radius 2 is 2.00 bits per heavy atom. The van der Waals surface area contributed by atoms with E-state index in [1.54, 1.807) is 0 Å². The number of pyridine rings is 1. The van der Waals surface area contributed by atoms with E-state index in [1.165, 1.54) is 15.8 Å². The Labute approximate surface area is 142 Å². The summed E-state index contributed by atoms with van der Waals surface area (Å²) in [5.41, 5.74) is 3.54. The molecule has 1 heterocycles. The van der Waals surface area contributed by atoms with Crippen molar-refractivity contribution >= 4 is 28.6 Å². The maximum atomic E-state index is 11.4. The molecular formula is C19H25NO2S. The van der Waals surface area contributed by atoms with Gasteiger partial charge in [0.2, 0.25) is 0 Å². The molecule has 0 aliphatic heterocycles. The highest BCUT2D eigenvalue weighted by Crippen LogP contribution is 2.33. The molecule has 124 valence electrons. The SMILES string of the molecule is CCOC(=O)CCCCSc1c(CC)c(C)nc2ccccc12. The van der Waals surface area contributed by atoms with Crippen molar-refractivity contribution in [3.63, 3.8) is 0 Å². The Morgan fingerprint density at radius 1 is 1.22 bits per heavy atom. The molecule has 0 amide bonds. The van der Waals surface area contributed by atoms with Crippen molar-refractivity contribution in [3.05, 3.63) is 35.5 Å². The number of benzene rings is 1. The van der Waals surface area contributed by atoms with E-state index in [4.69, 9.17) is 9.72 Å². The number of ether oxygens (including phenoxy) is 1. The van der Waals surface area contributed by atoms with Crippen molar-refractivity contribution in [2.75, 3.05) is 12.4 Å². The van der Waals surface area contributed by atoms with E-state index in [0.29, 0.717) is 13.0 Å². The summed E-state index contributed by atoms with van der Waals surface area (Å²) in [6.07, 6.45) is 3.41. The van der Waals surface area contributed by atoms with Crippen LogP contribution in [0.1, 0.15) is 44.4 Å². The van der Waals surface area contributed by atoms with Crippen molar-refractivity contribution in [1.29, 1.82) is 0 Å². The van der Waals surface area contributed by atoms with E-state index in [-0.39, 0.29) is 5.97 Å². The van der Waals surface area contributed by atoms with Gasteiger partial charge in [-0.3, -0.25) is 9.78 Å². The topological polar surface area (TPSA) is 39.2 Å². The van der Waals surface area contributed by atoms with Gasteiger partial charge in [-0.05, 0) is 50.5 Å². The molecule has 3 nitrogen and oxygen atoms in total. The number of esters is 1. The molecule has 4 heteroatoms. The van der Waals surface area contributed by atoms with Crippen LogP contribution in [0.4, 0.5) is 0 Å². The second-order valence-electron chi connectivity index (χ2n) is 5.49. The first-order valence-corrected chi connectivity index (χ1v) is 9.32. The van der Waals surface area contributed by atoms with Gasteiger partial charge in [0, 0.05) is 22.4 Å². The zero-order valence-corrected chi connectivity index (χ0v) is 15.0. The Bertz CT molecular complexity index is 670. The standard InChI is InChI=1S/C19H25NO2S/c1-4-15-14(3)20-17-11-7-6-10-16(17)19(15)23-13-9-8-12-18(21)22-5-2/h6-7,10-11H,4-5,8-9,12-13H2,1-3H3. The predicted octanol–water partition coefficient (Wildman–Crippen LogP) is 4.93. The number of nitrogens with zero attached hydrogens (tertiary/aromatic N) is 1. The van der Waals surface area contributed by atoms with Crippen LogP contribution in [0.2, 0.25) is 0 Å². The molecule has 0 aliphatic rings. The molecule has 0 radical (unpaired) electrons. The average molecular weight is 331 g/mol. The fourth-order valence-corrected chi connectivity index (χ4v) is 4.05. The molecule has 0 unspecified atom stereocenters. The predicted molar refractivity (Wildman–Crippen MR) is 97.1 cm³/mol. The average Bonchev–Trinajstić information content (AvgIpc) is 2.54. The van der Waals surface area contributed by atoms with E-state index in [0.717, 1.165) is 36.2 Å². The maximum absolute atomic E-state index is 11.4. The van der Waals surface area contributed by atoms with Crippen molar-refractivity contribution < 1.29 is 9.53 Å². The lowest BCUT2D eigenvalue weighted by molar-refractivity contribution is -0.143. The molecule has 0 aliphatic carbocycles. The molecule has 2 rings (SSSR count). The summed E-state index contributed by atoms with van der Waals surface area (Å²) < 4.78 is 4.96. The first-order valence-electron chi connectivity index (χ1n) is 8.34. The summed E-state index contributed by atoms with van der Waals surface area (Å²) >= 11 is 1.89. The van der Waals surface area contributed by atoms with Gasteiger partial charge in [-0.2, -0.15) is 0 Å². The summed E-state index contributed by atoms with van der Waals surface area (Å²) in [6.45, 7) is 6.59. The second-order valence-corrected chi connectivity index (χ2v) is 6.59. The molecule has 23 heavy (non-hydrogen) atoms. The van der Waals surface area contributed by atoms with Gasteiger partial charge in [-0.15, -0.1) is 11.8 Å². The van der Waals surface area contributed by atoms with E-state index < -0.39 is 0 Å². The minimum Gasteiger partial charge on any atom is -0.466 e. The van der Waals surface area contributed by atoms with Crippen LogP contribution in [0, 0.1) is 6.92 Å². The number of hydrogen-bond acceptors (Lipinski definition) is 4. The van der Waals surface area contributed by atoms with Gasteiger partial charge in [-0.25, -0.2) is 0 Å². The highest BCUT2D eigenvalue weighted by molar-refractivity contribution is 7.99. The molecular weight excluding hydrogens is 306 g/mol. The van der Waals surface area contributed by atoms with E-state index in [9.17, 15) is 4.79 Å². The number of aryl methyl sites for hydroxylation is 1. The van der Waals surface area contributed by atoms with Gasteiger partial charge in [0.1, 0.15) is 0 Å². The summed E-state index contributed by atoms with van der Waals surface area (Å²) in [6, 6.07) is 8.34. The zero-order valence-electron chi connectivity index (χ0n) is 14.2. The van der Waals surface area contributed by atoms with Crippen LogP contribution in [0.15, 0.2) is 29.2 Å². The number of aromatic nitrogens is 1. The minimum atomic E-state index is -0.0862. The fourth-order valence-electron chi connectivity index (χ4n) is 2.70. The Balaban J connectivity index is 2.03. The van der Waals surface area contributed by atoms with E-state index >= 15 is 0 Å². The van der Waals surface area contributed by atoms with Crippen molar-refractivity contribution in [2.24, 2.45) is 0 Å². The number of para-hydroxylation sites is 1. The summed E-state index contributed by atoms with van der Waals surface area (Å²) in [5.74, 6) is 0.928. The molecule has 0 saturated carbocycles. The highest BCUT2D eigenvalue weighted by atomic mass is 32.2. The van der Waals surface area contributed by atoms with Crippen LogP contribution >= 0.6 is 11.8 Å². The van der Waals surface area contributed by atoms with Crippen molar-refractivity contribution in [2.45, 2.75) is 51.3 Å². The first-order chi connectivity index (χ1) is 11.2. The summed E-state index contributed by atoms with van der Waals surface area (Å²) in [4.78, 5) is 17.4. The highest BCUT2D eigenvalue weighted by Gasteiger charge is 2.11. The molecule has 0 atom stereocenters. The second kappa shape index (κ2) is 8.92. The largest absolute Gasteiger partial charge is 0.466 e. The van der Waals surface area contributed by atoms with Gasteiger partial charge in [-0.1, -0.05) is 25.1 Å². The van der Waals surface area contributed by atoms with Gasteiger partial charge in [0.25, 0.3) is 0 Å². The molecule has 0 bridgehead atoms. The van der Waals surface area contributed by atoms with Gasteiger partial charge >= 0.3 is 5.97 Å². The number of carbonyl (C=O) groups excluding carboxylic acids is 1. The van der Waals surface area contributed by atoms with Gasteiger partial charge in [0.15, 0.2) is 0 Å². The Morgan fingerprint density at radius 3 is 2.74 bits per heavy atom. The number of hydrogen-bond donors (Lipinski definition) is 0. The molecule has 1 aromatic heterocycles. The van der Waals surface area contributed by atoms with Crippen LogP contribution < -0.4 is 0 Å². The van der Waals surface area contributed by atoms with Gasteiger partial charge in [0.05, 0.1) is 12.1 Å². The van der Waals surface area contributed by atoms with Crippen LogP contribution in [0.25, 0.3) is 10.9 Å². The molecule has 0 saturated heterocycles. The summed E-state index contributed by atoms with van der Waals surface area (Å²) in [7, 11) is 0. The molecule has 0 N–H and O–H groups in total. The van der Waals surface area contributed by atoms with Gasteiger partial charge < -0.3 is 4.74 Å². The minimum absolute atomic E-state index is 0.0862. The third-order valence-electron chi connectivity index (χ3n) is 3.83. The van der Waals surface area contributed by atoms with Crippen LogP contribution in [0.5, 0.6) is 0 Å². The lowest BCUT2D eigenvalue weighted by Crippen LogP contribution is -2.03. The van der Waals surface area contributed by atoms with Crippen LogP contribution in [-0.4, -0.2) is 23.3 Å². The fraction of sp³-hybridized carbons (Fsp3) is 0.474. The number of fused-ring (bicyclic) bond motifs is 1. The molecule has 0 spiro atoms. The monoisotopic (exact) mass is 331 g/mol. The number of thioether (sulfide) groups is 1.